The van der Waals surface area contributed by atoms with Gasteiger partial charge in [0.05, 0.1) is 5.75 Å². The number of aryl methyl sites for hydroxylation is 1. The molecule has 0 N–H and O–H groups in total. The van der Waals surface area contributed by atoms with E-state index in [0.717, 1.165) is 22.1 Å². The zero-order valence-corrected chi connectivity index (χ0v) is 16.2. The second-order valence-electron chi connectivity index (χ2n) is 6.94. The van der Waals surface area contributed by atoms with E-state index in [9.17, 15) is 0 Å². The van der Waals surface area contributed by atoms with E-state index in [1.807, 2.05) is 11.8 Å². The van der Waals surface area contributed by atoms with Crippen molar-refractivity contribution in [3.8, 4) is 11.4 Å². The first kappa shape index (κ1) is 17.2. The molecule has 4 heteroatoms. The molecule has 0 bridgehead atoms. The van der Waals surface area contributed by atoms with Crippen LogP contribution in [0.1, 0.15) is 36.9 Å². The van der Waals surface area contributed by atoms with E-state index in [-0.39, 0.29) is 5.41 Å². The first-order valence-corrected chi connectivity index (χ1v) is 9.81. The van der Waals surface area contributed by atoms with Crippen LogP contribution < -0.4 is 0 Å². The molecule has 0 saturated carbocycles. The quantitative estimate of drug-likeness (QED) is 0.529. The maximum atomic E-state index is 4.70. The highest BCUT2D eigenvalue weighted by Crippen LogP contribution is 2.28. The Bertz CT molecular complexity index is 814. The molecule has 2 nitrogen and oxygen atoms in total. The number of hydrogen-bond donors (Lipinski definition) is 0. The van der Waals surface area contributed by atoms with Gasteiger partial charge in [-0.2, -0.15) is 4.37 Å². The van der Waals surface area contributed by atoms with E-state index in [4.69, 9.17) is 4.98 Å². The van der Waals surface area contributed by atoms with Gasteiger partial charge in [0, 0.05) is 10.5 Å². The van der Waals surface area contributed by atoms with E-state index in [0.29, 0.717) is 0 Å². The van der Waals surface area contributed by atoms with Crippen molar-refractivity contribution in [2.45, 2.75) is 43.8 Å². The smallest absolute Gasteiger partial charge is 0.173 e. The first-order chi connectivity index (χ1) is 11.4. The van der Waals surface area contributed by atoms with Crippen molar-refractivity contribution in [1.82, 2.24) is 9.36 Å². The van der Waals surface area contributed by atoms with Crippen LogP contribution in [0.4, 0.5) is 0 Å². The molecule has 0 amide bonds. The molecule has 0 unspecified atom stereocenters. The highest BCUT2D eigenvalue weighted by atomic mass is 32.2. The predicted octanol–water partition coefficient (Wildman–Crippen LogP) is 6.10. The van der Waals surface area contributed by atoms with E-state index in [1.165, 1.54) is 27.6 Å². The number of nitrogens with zero attached hydrogens (tertiary/aromatic N) is 2. The van der Waals surface area contributed by atoms with Gasteiger partial charge in [-0.15, -0.1) is 11.8 Å². The van der Waals surface area contributed by atoms with Crippen molar-refractivity contribution in [3.63, 3.8) is 0 Å². The maximum absolute atomic E-state index is 4.70. The van der Waals surface area contributed by atoms with Crippen LogP contribution in [0.3, 0.4) is 0 Å². The standard InChI is InChI=1S/C20H22N2S2/c1-14-6-5-7-17(12-14)23-13-18-21-19(22-24-18)15-8-10-16(11-9-15)20(2,3)4/h5-12H,13H2,1-4H3. The van der Waals surface area contributed by atoms with E-state index in [1.54, 1.807) is 0 Å². The van der Waals surface area contributed by atoms with Crippen LogP contribution in [0.5, 0.6) is 0 Å². The molecule has 0 fully saturated rings. The van der Waals surface area contributed by atoms with Gasteiger partial charge in [0.25, 0.3) is 0 Å². The topological polar surface area (TPSA) is 25.8 Å². The molecule has 0 radical (unpaired) electrons. The monoisotopic (exact) mass is 354 g/mol. The molecule has 0 aliphatic carbocycles. The third-order valence-corrected chi connectivity index (χ3v) is 5.73. The van der Waals surface area contributed by atoms with Crippen LogP contribution in [0, 0.1) is 6.92 Å². The first-order valence-electron chi connectivity index (χ1n) is 8.05. The number of thioether (sulfide) groups is 1. The Kier molecular flexibility index (Phi) is 5.07. The number of hydrogen-bond acceptors (Lipinski definition) is 4. The minimum absolute atomic E-state index is 0.170. The van der Waals surface area contributed by atoms with E-state index >= 15 is 0 Å². The SMILES string of the molecule is Cc1cccc(SCc2nc(-c3ccc(C(C)(C)C)cc3)ns2)c1. The largest absolute Gasteiger partial charge is 0.219 e. The molecule has 2 aromatic carbocycles. The highest BCUT2D eigenvalue weighted by molar-refractivity contribution is 7.98. The normalized spacial score (nSPS) is 11.7. The fourth-order valence-electron chi connectivity index (χ4n) is 2.40. The molecule has 0 aliphatic heterocycles. The lowest BCUT2D eigenvalue weighted by molar-refractivity contribution is 0.590. The van der Waals surface area contributed by atoms with Gasteiger partial charge < -0.3 is 0 Å². The summed E-state index contributed by atoms with van der Waals surface area (Å²) in [5, 5.41) is 1.07. The van der Waals surface area contributed by atoms with Crippen molar-refractivity contribution >= 4 is 23.3 Å². The Morgan fingerprint density at radius 2 is 1.79 bits per heavy atom. The summed E-state index contributed by atoms with van der Waals surface area (Å²) in [5.74, 6) is 1.70. The molecule has 1 heterocycles. The maximum Gasteiger partial charge on any atom is 0.173 e. The summed E-state index contributed by atoms with van der Waals surface area (Å²) in [6.45, 7) is 8.80. The van der Waals surface area contributed by atoms with Crippen molar-refractivity contribution in [1.29, 1.82) is 0 Å². The summed E-state index contributed by atoms with van der Waals surface area (Å²) in [6, 6.07) is 17.2. The third-order valence-electron chi connectivity index (χ3n) is 3.83. The Morgan fingerprint density at radius 3 is 2.46 bits per heavy atom. The molecule has 0 aliphatic rings. The second kappa shape index (κ2) is 7.08. The lowest BCUT2D eigenvalue weighted by atomic mass is 9.87. The van der Waals surface area contributed by atoms with Crippen LogP contribution in [-0.4, -0.2) is 9.36 Å². The molecule has 0 saturated heterocycles. The lowest BCUT2D eigenvalue weighted by Gasteiger charge is -2.18. The number of aromatic nitrogens is 2. The van der Waals surface area contributed by atoms with Gasteiger partial charge in [0.15, 0.2) is 5.82 Å². The Balaban J connectivity index is 1.69. The van der Waals surface area contributed by atoms with Gasteiger partial charge in [-0.3, -0.25) is 0 Å². The van der Waals surface area contributed by atoms with Gasteiger partial charge in [0.2, 0.25) is 0 Å². The molecule has 3 aromatic rings. The van der Waals surface area contributed by atoms with Crippen LogP contribution in [0.25, 0.3) is 11.4 Å². The van der Waals surface area contributed by atoms with Gasteiger partial charge in [-0.05, 0) is 41.6 Å². The molecule has 0 spiro atoms. The summed E-state index contributed by atoms with van der Waals surface area (Å²) in [5.41, 5.74) is 3.88. The average molecular weight is 355 g/mol. The van der Waals surface area contributed by atoms with Crippen LogP contribution in [0.2, 0.25) is 0 Å². The minimum atomic E-state index is 0.170. The number of rotatable bonds is 4. The molecular formula is C20H22N2S2. The predicted molar refractivity (Wildman–Crippen MR) is 105 cm³/mol. The molecule has 24 heavy (non-hydrogen) atoms. The number of benzene rings is 2. The summed E-state index contributed by atoms with van der Waals surface area (Å²) in [7, 11) is 0. The second-order valence-corrected chi connectivity index (χ2v) is 8.83. The van der Waals surface area contributed by atoms with Gasteiger partial charge in [-0.1, -0.05) is 62.7 Å². The van der Waals surface area contributed by atoms with Crippen molar-refractivity contribution in [2.24, 2.45) is 0 Å². The molecule has 0 atom stereocenters. The Labute approximate surface area is 152 Å². The van der Waals surface area contributed by atoms with Crippen LogP contribution in [0.15, 0.2) is 53.4 Å². The summed E-state index contributed by atoms with van der Waals surface area (Å²) in [4.78, 5) is 5.98. The van der Waals surface area contributed by atoms with E-state index in [2.05, 4.69) is 80.6 Å². The van der Waals surface area contributed by atoms with Gasteiger partial charge in [0.1, 0.15) is 5.01 Å². The van der Waals surface area contributed by atoms with Gasteiger partial charge >= 0.3 is 0 Å². The third kappa shape index (κ3) is 4.25. The fraction of sp³-hybridized carbons (Fsp3) is 0.300. The average Bonchev–Trinajstić information content (AvgIpc) is 3.01. The summed E-state index contributed by atoms with van der Waals surface area (Å²) < 4.78 is 4.53. The van der Waals surface area contributed by atoms with Gasteiger partial charge in [-0.25, -0.2) is 4.98 Å². The van der Waals surface area contributed by atoms with Crippen molar-refractivity contribution in [2.75, 3.05) is 0 Å². The molecule has 1 aromatic heterocycles. The Morgan fingerprint density at radius 1 is 1.04 bits per heavy atom. The van der Waals surface area contributed by atoms with Crippen molar-refractivity contribution in [3.05, 3.63) is 64.7 Å². The molecule has 124 valence electrons. The zero-order chi connectivity index (χ0) is 17.2. The Hall–Kier alpha value is -1.65. The lowest BCUT2D eigenvalue weighted by Crippen LogP contribution is -2.10. The van der Waals surface area contributed by atoms with E-state index < -0.39 is 0 Å². The van der Waals surface area contributed by atoms with Crippen LogP contribution >= 0.6 is 23.3 Å². The minimum Gasteiger partial charge on any atom is -0.219 e. The van der Waals surface area contributed by atoms with Crippen LogP contribution in [-0.2, 0) is 11.2 Å². The fourth-order valence-corrected chi connectivity index (χ4v) is 4.05. The zero-order valence-electron chi connectivity index (χ0n) is 14.5. The summed E-state index contributed by atoms with van der Waals surface area (Å²) in [6.07, 6.45) is 0. The highest BCUT2D eigenvalue weighted by Gasteiger charge is 2.14. The van der Waals surface area contributed by atoms with Crippen molar-refractivity contribution < 1.29 is 0 Å². The molecular weight excluding hydrogens is 332 g/mol. The molecule has 3 rings (SSSR count). The summed E-state index contributed by atoms with van der Waals surface area (Å²) >= 11 is 3.31.